The molecule has 0 heterocycles. The zero-order chi connectivity index (χ0) is 5.66. The van der Waals surface area contributed by atoms with Crippen molar-refractivity contribution in [2.45, 2.75) is 38.5 Å². The second kappa shape index (κ2) is 6.51. The minimum Gasteiger partial charge on any atom is -0.501 e. The minimum atomic E-state index is 0. The zero-order valence-electron chi connectivity index (χ0n) is 5.65. The first-order chi connectivity index (χ1) is 4.00. The van der Waals surface area contributed by atoms with Gasteiger partial charge in [0.05, 0.1) is 0 Å². The van der Waals surface area contributed by atoms with Gasteiger partial charge < -0.3 is 6.08 Å². The largest absolute Gasteiger partial charge is 0.501 e. The SMILES string of the molecule is [C-]1=CCCCCCC1.[Ir]. The van der Waals surface area contributed by atoms with E-state index in [2.05, 4.69) is 12.2 Å². The van der Waals surface area contributed by atoms with Crippen molar-refractivity contribution in [1.82, 2.24) is 0 Å². The average molecular weight is 301 g/mol. The van der Waals surface area contributed by atoms with Gasteiger partial charge in [-0.05, 0) is 0 Å². The molecule has 0 amide bonds. The third-order valence-electron chi connectivity index (χ3n) is 1.56. The Labute approximate surface area is 71.1 Å². The molecule has 0 unspecified atom stereocenters. The Kier molecular flexibility index (Phi) is 6.79. The molecule has 0 spiro atoms. The maximum Gasteiger partial charge on any atom is 0 e. The molecule has 1 aliphatic carbocycles. The first-order valence-electron chi connectivity index (χ1n) is 3.55. The maximum atomic E-state index is 3.26. The monoisotopic (exact) mass is 302 g/mol. The Balaban J connectivity index is 0.000000640. The van der Waals surface area contributed by atoms with E-state index in [1.54, 1.807) is 0 Å². The average Bonchev–Trinajstić information content (AvgIpc) is 1.62. The van der Waals surface area contributed by atoms with Crippen LogP contribution in [0.2, 0.25) is 0 Å². The van der Waals surface area contributed by atoms with Crippen LogP contribution < -0.4 is 0 Å². The van der Waals surface area contributed by atoms with E-state index in [-0.39, 0.29) is 20.1 Å². The molecule has 1 aliphatic rings. The molecule has 0 N–H and O–H groups in total. The first kappa shape index (κ1) is 9.39. The van der Waals surface area contributed by atoms with Crippen LogP contribution in [0.3, 0.4) is 0 Å². The van der Waals surface area contributed by atoms with Crippen LogP contribution >= 0.6 is 0 Å². The number of rotatable bonds is 0. The molecule has 0 atom stereocenters. The molecule has 0 aliphatic heterocycles. The van der Waals surface area contributed by atoms with E-state index < -0.39 is 0 Å². The van der Waals surface area contributed by atoms with Gasteiger partial charge in [0.15, 0.2) is 0 Å². The van der Waals surface area contributed by atoms with Crippen LogP contribution in [-0.4, -0.2) is 0 Å². The fourth-order valence-corrected chi connectivity index (χ4v) is 1.03. The van der Waals surface area contributed by atoms with E-state index in [4.69, 9.17) is 0 Å². The standard InChI is InChI=1S/C8H13.Ir/c1-2-4-6-8-7-5-3-1;/h1H,2,4-8H2;/q-1;. The molecule has 55 valence electrons. The Morgan fingerprint density at radius 3 is 2.67 bits per heavy atom. The number of allylic oxidation sites excluding steroid dienone is 2. The van der Waals surface area contributed by atoms with Gasteiger partial charge in [0.2, 0.25) is 0 Å². The molecule has 0 aromatic heterocycles. The van der Waals surface area contributed by atoms with E-state index in [0.717, 1.165) is 0 Å². The summed E-state index contributed by atoms with van der Waals surface area (Å²) < 4.78 is 0. The summed E-state index contributed by atoms with van der Waals surface area (Å²) in [5, 5.41) is 0. The first-order valence-corrected chi connectivity index (χ1v) is 3.55. The molecule has 1 rings (SSSR count). The summed E-state index contributed by atoms with van der Waals surface area (Å²) in [7, 11) is 0. The number of hydrogen-bond acceptors (Lipinski definition) is 0. The quantitative estimate of drug-likeness (QED) is 0.604. The van der Waals surface area contributed by atoms with Gasteiger partial charge in [-0.25, -0.2) is 0 Å². The second-order valence-electron chi connectivity index (χ2n) is 2.36. The Hall–Kier alpha value is 0.389. The smallest absolute Gasteiger partial charge is 0 e. The second-order valence-corrected chi connectivity index (χ2v) is 2.36. The molecule has 9 heavy (non-hydrogen) atoms. The van der Waals surface area contributed by atoms with Crippen molar-refractivity contribution in [1.29, 1.82) is 0 Å². The van der Waals surface area contributed by atoms with Gasteiger partial charge in [0, 0.05) is 20.1 Å². The minimum absolute atomic E-state index is 0. The Morgan fingerprint density at radius 1 is 1.00 bits per heavy atom. The molecule has 0 saturated carbocycles. The van der Waals surface area contributed by atoms with Crippen molar-refractivity contribution in [2.24, 2.45) is 0 Å². The van der Waals surface area contributed by atoms with Crippen LogP contribution in [0.5, 0.6) is 0 Å². The number of hydrogen-bond donors (Lipinski definition) is 0. The van der Waals surface area contributed by atoms with Crippen LogP contribution in [-0.2, 0) is 20.1 Å². The molecule has 1 radical (unpaired) electrons. The predicted molar refractivity (Wildman–Crippen MR) is 35.5 cm³/mol. The summed E-state index contributed by atoms with van der Waals surface area (Å²) in [4.78, 5) is 0. The Morgan fingerprint density at radius 2 is 1.78 bits per heavy atom. The fourth-order valence-electron chi connectivity index (χ4n) is 1.03. The van der Waals surface area contributed by atoms with Gasteiger partial charge in [0.25, 0.3) is 0 Å². The van der Waals surface area contributed by atoms with Crippen LogP contribution in [0.25, 0.3) is 0 Å². The molecular weight excluding hydrogens is 288 g/mol. The van der Waals surface area contributed by atoms with E-state index in [0.29, 0.717) is 0 Å². The molecule has 1 heteroatoms. The zero-order valence-corrected chi connectivity index (χ0v) is 8.05. The summed E-state index contributed by atoms with van der Waals surface area (Å²) >= 11 is 0. The summed E-state index contributed by atoms with van der Waals surface area (Å²) in [6.07, 6.45) is 13.5. The summed E-state index contributed by atoms with van der Waals surface area (Å²) in [5.41, 5.74) is 0. The van der Waals surface area contributed by atoms with Crippen molar-refractivity contribution in [3.05, 3.63) is 12.2 Å². The van der Waals surface area contributed by atoms with Gasteiger partial charge >= 0.3 is 0 Å². The van der Waals surface area contributed by atoms with Crippen LogP contribution in [0.15, 0.2) is 6.08 Å². The summed E-state index contributed by atoms with van der Waals surface area (Å²) in [6.45, 7) is 0. The summed E-state index contributed by atoms with van der Waals surface area (Å²) in [6, 6.07) is 0. The van der Waals surface area contributed by atoms with Gasteiger partial charge in [-0.3, -0.25) is 6.08 Å². The van der Waals surface area contributed by atoms with Gasteiger partial charge in [0.1, 0.15) is 0 Å². The van der Waals surface area contributed by atoms with Crippen molar-refractivity contribution in [3.63, 3.8) is 0 Å². The van der Waals surface area contributed by atoms with Gasteiger partial charge in [-0.2, -0.15) is 6.42 Å². The molecule has 0 bridgehead atoms. The van der Waals surface area contributed by atoms with Crippen molar-refractivity contribution < 1.29 is 20.1 Å². The fraction of sp³-hybridized carbons (Fsp3) is 0.750. The molecule has 0 nitrogen and oxygen atoms in total. The molecule has 0 aromatic carbocycles. The van der Waals surface area contributed by atoms with Gasteiger partial charge in [-0.1, -0.05) is 32.1 Å². The Bertz CT molecular complexity index is 66.6. The predicted octanol–water partition coefficient (Wildman–Crippen LogP) is 2.70. The van der Waals surface area contributed by atoms with Crippen molar-refractivity contribution >= 4 is 0 Å². The van der Waals surface area contributed by atoms with Crippen molar-refractivity contribution in [3.8, 4) is 0 Å². The summed E-state index contributed by atoms with van der Waals surface area (Å²) in [5.74, 6) is 0. The molecule has 0 aromatic rings. The third-order valence-corrected chi connectivity index (χ3v) is 1.56. The molecular formula is C8H13Ir-. The van der Waals surface area contributed by atoms with E-state index in [1.165, 1.54) is 38.5 Å². The molecule has 0 saturated heterocycles. The van der Waals surface area contributed by atoms with E-state index in [9.17, 15) is 0 Å². The van der Waals surface area contributed by atoms with Crippen LogP contribution in [0.1, 0.15) is 38.5 Å². The van der Waals surface area contributed by atoms with Crippen LogP contribution in [0.4, 0.5) is 0 Å². The van der Waals surface area contributed by atoms with Crippen molar-refractivity contribution in [2.75, 3.05) is 0 Å². The van der Waals surface area contributed by atoms with E-state index >= 15 is 0 Å². The normalized spacial score (nSPS) is 19.6. The van der Waals surface area contributed by atoms with Crippen LogP contribution in [0, 0.1) is 6.08 Å². The topological polar surface area (TPSA) is 0 Å². The third kappa shape index (κ3) is 4.87. The van der Waals surface area contributed by atoms with E-state index in [1.807, 2.05) is 0 Å². The van der Waals surface area contributed by atoms with Gasteiger partial charge in [-0.15, -0.1) is 0 Å². The molecule has 0 fully saturated rings. The maximum absolute atomic E-state index is 3.26.